The maximum atomic E-state index is 4.87. The molecule has 0 spiro atoms. The van der Waals surface area contributed by atoms with Crippen LogP contribution in [0, 0.1) is 0 Å². The molecule has 0 aliphatic rings. The molecule has 3 heteroatoms. The van der Waals surface area contributed by atoms with Crippen molar-refractivity contribution in [3.63, 3.8) is 0 Å². The van der Waals surface area contributed by atoms with Gasteiger partial charge < -0.3 is 0 Å². The van der Waals surface area contributed by atoms with Gasteiger partial charge in [0.2, 0.25) is 0 Å². The van der Waals surface area contributed by atoms with E-state index in [9.17, 15) is 0 Å². The van der Waals surface area contributed by atoms with Crippen LogP contribution < -0.4 is 0 Å². The summed E-state index contributed by atoms with van der Waals surface area (Å²) in [6.07, 6.45) is 0. The van der Waals surface area contributed by atoms with Gasteiger partial charge in [-0.2, -0.15) is 0 Å². The highest BCUT2D eigenvalue weighted by Gasteiger charge is 2.23. The van der Waals surface area contributed by atoms with Crippen LogP contribution in [0.4, 0.5) is 0 Å². The summed E-state index contributed by atoms with van der Waals surface area (Å²) >= 11 is 12.6. The second-order valence-electron chi connectivity index (χ2n) is 7.35. The maximum absolute atomic E-state index is 4.87. The largest absolute Gasteiger partial charge is 0.143 e. The van der Waals surface area contributed by atoms with Gasteiger partial charge in [0.05, 0.1) is 0 Å². The van der Waals surface area contributed by atoms with Crippen molar-refractivity contribution >= 4 is 109 Å². The Bertz CT molecular complexity index is 1690. The molecule has 0 N–H and O–H groups in total. The molecule has 126 valence electrons. The molecule has 0 aromatic heterocycles. The second-order valence-corrected chi connectivity index (χ2v) is 9.42. The molecule has 0 radical (unpaired) electrons. The monoisotopic (exact) mass is 488 g/mol. The molecule has 7 aromatic carbocycles. The topological polar surface area (TPSA) is 0 Å². The van der Waals surface area contributed by atoms with Gasteiger partial charge in [-0.05, 0) is 91.8 Å². The molecule has 0 saturated carbocycles. The van der Waals surface area contributed by atoms with Gasteiger partial charge in [0.15, 0.2) is 0 Å². The van der Waals surface area contributed by atoms with E-state index in [1.807, 2.05) is 0 Å². The van der Waals surface area contributed by atoms with Crippen LogP contribution in [0.15, 0.2) is 68.4 Å². The predicted molar refractivity (Wildman–Crippen MR) is 128 cm³/mol. The van der Waals surface area contributed by atoms with E-state index >= 15 is 0 Å². The summed E-state index contributed by atoms with van der Waals surface area (Å²) < 4.78 is 2.19. The van der Waals surface area contributed by atoms with Crippen molar-refractivity contribution in [1.29, 1.82) is 0 Å². The predicted octanol–water partition coefficient (Wildman–Crippen LogP) is 8.73. The molecule has 7 aromatic rings. The number of hydrogen-bond donors (Lipinski definition) is 1. The van der Waals surface area contributed by atoms with Gasteiger partial charge in [-0.1, -0.05) is 48.5 Å². The fraction of sp³-hybridized carbons (Fsp3) is 0. The fourth-order valence-electron chi connectivity index (χ4n) is 5.07. The average Bonchev–Trinajstić information content (AvgIpc) is 2.69. The lowest BCUT2D eigenvalue weighted by Gasteiger charge is -2.22. The van der Waals surface area contributed by atoms with E-state index in [-0.39, 0.29) is 0 Å². The molecule has 0 unspecified atom stereocenters. The van der Waals surface area contributed by atoms with Crippen LogP contribution in [0.1, 0.15) is 0 Å². The van der Waals surface area contributed by atoms with Gasteiger partial charge >= 0.3 is 0 Å². The molecule has 7 rings (SSSR count). The van der Waals surface area contributed by atoms with Crippen molar-refractivity contribution in [2.75, 3.05) is 0 Å². The summed E-state index contributed by atoms with van der Waals surface area (Å²) in [6.45, 7) is 0. The number of rotatable bonds is 0. The number of halogens is 2. The minimum absolute atomic E-state index is 1.01. The highest BCUT2D eigenvalue weighted by atomic mass is 79.9. The van der Waals surface area contributed by atoms with Crippen LogP contribution in [0.25, 0.3) is 64.6 Å². The molecule has 0 aliphatic carbocycles. The van der Waals surface area contributed by atoms with Crippen molar-refractivity contribution in [2.45, 2.75) is 4.90 Å². The molecule has 0 heterocycles. The van der Waals surface area contributed by atoms with Gasteiger partial charge in [0.25, 0.3) is 0 Å². The van der Waals surface area contributed by atoms with E-state index in [2.05, 4.69) is 86.5 Å². The third-order valence-corrected chi connectivity index (χ3v) is 8.63. The molecule has 0 fully saturated rings. The highest BCUT2D eigenvalue weighted by molar-refractivity contribution is 9.13. The zero-order valence-electron chi connectivity index (χ0n) is 13.9. The van der Waals surface area contributed by atoms with Crippen molar-refractivity contribution < 1.29 is 0 Å². The highest BCUT2D eigenvalue weighted by Crippen LogP contribution is 2.53. The van der Waals surface area contributed by atoms with Crippen LogP contribution in [0.2, 0.25) is 0 Å². The van der Waals surface area contributed by atoms with Crippen molar-refractivity contribution in [2.24, 2.45) is 0 Å². The van der Waals surface area contributed by atoms with E-state index in [1.165, 1.54) is 64.6 Å². The lowest BCUT2D eigenvalue weighted by atomic mass is 9.83. The summed E-state index contributed by atoms with van der Waals surface area (Å²) in [7, 11) is 0. The minimum atomic E-state index is 1.01. The molecule has 0 saturated heterocycles. The van der Waals surface area contributed by atoms with Crippen molar-refractivity contribution in [3.05, 3.63) is 63.5 Å². The number of thiol groups is 1. The Morgan fingerprint density at radius 3 is 1.59 bits per heavy atom. The maximum Gasteiger partial charge on any atom is 0.0413 e. The zero-order chi connectivity index (χ0) is 18.0. The fourth-order valence-corrected chi connectivity index (χ4v) is 6.74. The van der Waals surface area contributed by atoms with E-state index in [1.54, 1.807) is 0 Å². The summed E-state index contributed by atoms with van der Waals surface area (Å²) in [4.78, 5) is 1.01. The quantitative estimate of drug-likeness (QED) is 0.123. The SMILES string of the molecule is Sc1cc2ccc3ccc4ccc5ccc6c(Br)c(Br)c1c1c2c3c4c5c61. The van der Waals surface area contributed by atoms with Crippen molar-refractivity contribution in [3.8, 4) is 0 Å². The number of hydrogen-bond acceptors (Lipinski definition) is 1. The summed E-state index contributed by atoms with van der Waals surface area (Å²) in [5.41, 5.74) is 0. The van der Waals surface area contributed by atoms with E-state index < -0.39 is 0 Å². The van der Waals surface area contributed by atoms with E-state index in [0.717, 1.165) is 13.8 Å². The molecular weight excluding hydrogens is 480 g/mol. The molecule has 27 heavy (non-hydrogen) atoms. The first-order valence-electron chi connectivity index (χ1n) is 8.82. The Labute approximate surface area is 176 Å². The van der Waals surface area contributed by atoms with Crippen molar-refractivity contribution in [1.82, 2.24) is 0 Å². The molecule has 0 atom stereocenters. The summed E-state index contributed by atoms with van der Waals surface area (Å²) in [5.74, 6) is 0. The minimum Gasteiger partial charge on any atom is -0.143 e. The average molecular weight is 490 g/mol. The van der Waals surface area contributed by atoms with Crippen LogP contribution in [0.5, 0.6) is 0 Å². The van der Waals surface area contributed by atoms with E-state index in [0.29, 0.717) is 0 Å². The van der Waals surface area contributed by atoms with Crippen LogP contribution in [-0.2, 0) is 0 Å². The summed E-state index contributed by atoms with van der Waals surface area (Å²) in [5, 5.41) is 15.8. The van der Waals surface area contributed by atoms with Crippen LogP contribution in [-0.4, -0.2) is 0 Å². The Kier molecular flexibility index (Phi) is 2.68. The first kappa shape index (κ1) is 15.2. The third kappa shape index (κ3) is 1.60. The van der Waals surface area contributed by atoms with E-state index in [4.69, 9.17) is 12.6 Å². The van der Waals surface area contributed by atoms with Gasteiger partial charge in [0.1, 0.15) is 0 Å². The standard InChI is InChI=1S/C24H10Br2S/c25-23-14-8-7-12-4-3-10-1-2-11-5-6-13-9-15(27)21(24(23)26)22-19(13)17(11)16(10)18(12)20(14)22/h1-9,27H. The lowest BCUT2D eigenvalue weighted by Crippen LogP contribution is -1.94. The van der Waals surface area contributed by atoms with Gasteiger partial charge in [-0.3, -0.25) is 0 Å². The van der Waals surface area contributed by atoms with Gasteiger partial charge in [-0.25, -0.2) is 0 Å². The molecule has 0 nitrogen and oxygen atoms in total. The van der Waals surface area contributed by atoms with Gasteiger partial charge in [-0.15, -0.1) is 12.6 Å². The third-order valence-electron chi connectivity index (χ3n) is 6.13. The van der Waals surface area contributed by atoms with Crippen LogP contribution >= 0.6 is 44.5 Å². The normalized spacial score (nSPS) is 13.0. The Morgan fingerprint density at radius 2 is 0.963 bits per heavy atom. The molecule has 0 aliphatic heterocycles. The molecule has 0 amide bonds. The smallest absolute Gasteiger partial charge is 0.0413 e. The first-order chi connectivity index (χ1) is 13.1. The Hall–Kier alpha value is -1.81. The first-order valence-corrected chi connectivity index (χ1v) is 10.9. The Morgan fingerprint density at radius 1 is 0.481 bits per heavy atom. The Balaban J connectivity index is 2.09. The van der Waals surface area contributed by atoms with Crippen LogP contribution in [0.3, 0.4) is 0 Å². The molecule has 0 bridgehead atoms. The lowest BCUT2D eigenvalue weighted by molar-refractivity contribution is 1.58. The zero-order valence-corrected chi connectivity index (χ0v) is 18.0. The second kappa shape index (κ2) is 4.78. The number of benzene rings is 7. The summed E-state index contributed by atoms with van der Waals surface area (Å²) in [6, 6.07) is 20.2. The molecular formula is C24H10Br2S. The van der Waals surface area contributed by atoms with Gasteiger partial charge in [0, 0.05) is 24.6 Å².